The lowest BCUT2D eigenvalue weighted by molar-refractivity contribution is -0.138. The molecule has 140 valence electrons. The first-order valence-corrected chi connectivity index (χ1v) is 9.26. The summed E-state index contributed by atoms with van der Waals surface area (Å²) in [6.07, 6.45) is 2.19. The van der Waals surface area contributed by atoms with Gasteiger partial charge in [0, 0.05) is 19.6 Å². The van der Waals surface area contributed by atoms with Crippen LogP contribution in [0.4, 0.5) is 0 Å². The Morgan fingerprint density at radius 3 is 2.88 bits per heavy atom. The molecule has 7 heteroatoms. The molecular weight excluding hydrogens is 334 g/mol. The van der Waals surface area contributed by atoms with Gasteiger partial charge in [0.2, 0.25) is 11.8 Å². The number of aromatic hydroxyl groups is 1. The molecule has 3 aliphatic heterocycles. The second-order valence-electron chi connectivity index (χ2n) is 7.52. The Hall–Kier alpha value is -2.12. The molecule has 1 aromatic carbocycles. The normalized spacial score (nSPS) is 32.1. The molecule has 26 heavy (non-hydrogen) atoms. The summed E-state index contributed by atoms with van der Waals surface area (Å²) < 4.78 is 6.15. The Kier molecular flexibility index (Phi) is 4.36. The minimum atomic E-state index is -0.490. The monoisotopic (exact) mass is 359 g/mol. The molecule has 3 aliphatic rings. The number of hydrogen-bond acceptors (Lipinski definition) is 5. The zero-order valence-corrected chi connectivity index (χ0v) is 14.7. The number of carbonyl (C=O) groups excluding carboxylic acids is 2. The summed E-state index contributed by atoms with van der Waals surface area (Å²) in [7, 11) is 0. The van der Waals surface area contributed by atoms with Crippen molar-refractivity contribution in [2.75, 3.05) is 26.2 Å². The second-order valence-corrected chi connectivity index (χ2v) is 7.52. The zero-order valence-electron chi connectivity index (χ0n) is 14.7. The Balaban J connectivity index is 1.40. The van der Waals surface area contributed by atoms with Crippen molar-refractivity contribution in [3.8, 4) is 5.75 Å². The first kappa shape index (κ1) is 17.3. The van der Waals surface area contributed by atoms with Crippen molar-refractivity contribution < 1.29 is 19.4 Å². The molecule has 0 saturated carbocycles. The van der Waals surface area contributed by atoms with E-state index in [0.717, 1.165) is 18.4 Å². The van der Waals surface area contributed by atoms with Crippen LogP contribution in [0.25, 0.3) is 0 Å². The fourth-order valence-corrected chi connectivity index (χ4v) is 4.80. The van der Waals surface area contributed by atoms with Crippen molar-refractivity contribution in [2.24, 2.45) is 17.6 Å². The number of amides is 2. The molecule has 4 rings (SSSR count). The zero-order chi connectivity index (χ0) is 18.3. The maximum absolute atomic E-state index is 12.8. The average molecular weight is 359 g/mol. The Labute approximate surface area is 152 Å². The number of phenols is 1. The van der Waals surface area contributed by atoms with E-state index in [1.807, 2.05) is 12.1 Å². The fourth-order valence-electron chi connectivity index (χ4n) is 4.80. The molecule has 0 radical (unpaired) electrons. The van der Waals surface area contributed by atoms with Crippen LogP contribution in [0, 0.1) is 11.8 Å². The number of nitrogens with zero attached hydrogens (tertiary/aromatic N) is 1. The van der Waals surface area contributed by atoms with Gasteiger partial charge in [-0.25, -0.2) is 0 Å². The Morgan fingerprint density at radius 1 is 1.38 bits per heavy atom. The highest BCUT2D eigenvalue weighted by Gasteiger charge is 2.68. The molecule has 1 aromatic rings. The predicted molar refractivity (Wildman–Crippen MR) is 94.3 cm³/mol. The van der Waals surface area contributed by atoms with Crippen molar-refractivity contribution in [2.45, 2.75) is 31.0 Å². The molecule has 1 spiro atoms. The third-order valence-corrected chi connectivity index (χ3v) is 5.95. The number of phenolic OH excluding ortho intramolecular Hbond substituents is 1. The Bertz CT molecular complexity index is 707. The minimum Gasteiger partial charge on any atom is -0.508 e. The smallest absolute Gasteiger partial charge is 0.229 e. The molecule has 0 aliphatic carbocycles. The van der Waals surface area contributed by atoms with E-state index in [1.54, 1.807) is 17.0 Å². The molecule has 2 bridgehead atoms. The number of hydrogen-bond donors (Lipinski definition) is 3. The standard InChI is InChI=1S/C19H25N3O4/c20-8-10-22-11-19-7-5-14(26-19)15(16(19)18(22)25)17(24)21-9-6-12-1-3-13(23)4-2-12/h1-4,14-16,23H,5-11,20H2,(H,21,24)/t14-,15-,16+,19-/m1/s1. The number of nitrogens with two attached hydrogens (primary N) is 1. The lowest BCUT2D eigenvalue weighted by Gasteiger charge is -2.27. The summed E-state index contributed by atoms with van der Waals surface area (Å²) in [4.78, 5) is 27.3. The minimum absolute atomic E-state index is 0.0105. The SMILES string of the molecule is NCCN1C[C@@]23CC[C@@H](O2)[C@@H](C(=O)NCCc2ccc(O)cc2)[C@H]3C1=O. The molecule has 3 heterocycles. The molecule has 7 nitrogen and oxygen atoms in total. The van der Waals surface area contributed by atoms with E-state index in [4.69, 9.17) is 10.5 Å². The van der Waals surface area contributed by atoms with Gasteiger partial charge >= 0.3 is 0 Å². The highest BCUT2D eigenvalue weighted by Crippen LogP contribution is 2.55. The third kappa shape index (κ3) is 2.75. The summed E-state index contributed by atoms with van der Waals surface area (Å²) in [5.41, 5.74) is 6.16. The molecule has 4 N–H and O–H groups in total. The van der Waals surface area contributed by atoms with Gasteiger partial charge in [-0.15, -0.1) is 0 Å². The molecule has 0 aromatic heterocycles. The largest absolute Gasteiger partial charge is 0.508 e. The summed E-state index contributed by atoms with van der Waals surface area (Å²) in [5.74, 6) is -0.635. The van der Waals surface area contributed by atoms with E-state index in [9.17, 15) is 14.7 Å². The summed E-state index contributed by atoms with van der Waals surface area (Å²) in [6, 6.07) is 6.94. The first-order valence-electron chi connectivity index (χ1n) is 9.26. The van der Waals surface area contributed by atoms with Crippen LogP contribution in [0.3, 0.4) is 0 Å². The van der Waals surface area contributed by atoms with Gasteiger partial charge in [0.15, 0.2) is 0 Å². The number of benzene rings is 1. The summed E-state index contributed by atoms with van der Waals surface area (Å²) in [6.45, 7) is 1.98. The molecule has 0 unspecified atom stereocenters. The maximum Gasteiger partial charge on any atom is 0.229 e. The lowest BCUT2D eigenvalue weighted by Crippen LogP contribution is -2.46. The highest BCUT2D eigenvalue weighted by atomic mass is 16.5. The van der Waals surface area contributed by atoms with E-state index >= 15 is 0 Å². The van der Waals surface area contributed by atoms with Gasteiger partial charge in [-0.1, -0.05) is 12.1 Å². The topological polar surface area (TPSA) is 105 Å². The fraction of sp³-hybridized carbons (Fsp3) is 0.579. The van der Waals surface area contributed by atoms with Crippen molar-refractivity contribution in [1.29, 1.82) is 0 Å². The van der Waals surface area contributed by atoms with E-state index in [2.05, 4.69) is 5.32 Å². The molecular formula is C19H25N3O4. The van der Waals surface area contributed by atoms with Crippen LogP contribution in [0.2, 0.25) is 0 Å². The number of nitrogens with one attached hydrogen (secondary N) is 1. The highest BCUT2D eigenvalue weighted by molar-refractivity contribution is 5.92. The second kappa shape index (κ2) is 6.55. The predicted octanol–water partition coefficient (Wildman–Crippen LogP) is 0.0156. The molecule has 3 saturated heterocycles. The van der Waals surface area contributed by atoms with Crippen LogP contribution in [0.5, 0.6) is 5.75 Å². The average Bonchev–Trinajstić information content (AvgIpc) is 3.26. The van der Waals surface area contributed by atoms with Crippen LogP contribution in [0.1, 0.15) is 18.4 Å². The van der Waals surface area contributed by atoms with Gasteiger partial charge in [0.25, 0.3) is 0 Å². The van der Waals surface area contributed by atoms with Gasteiger partial charge in [0.1, 0.15) is 5.75 Å². The van der Waals surface area contributed by atoms with Gasteiger partial charge in [-0.2, -0.15) is 0 Å². The quantitative estimate of drug-likeness (QED) is 0.664. The first-order chi connectivity index (χ1) is 12.5. The number of ether oxygens (including phenoxy) is 1. The van der Waals surface area contributed by atoms with Gasteiger partial charge < -0.3 is 25.8 Å². The van der Waals surface area contributed by atoms with Crippen LogP contribution >= 0.6 is 0 Å². The third-order valence-electron chi connectivity index (χ3n) is 5.95. The molecule has 3 fully saturated rings. The van der Waals surface area contributed by atoms with Crippen molar-refractivity contribution in [1.82, 2.24) is 10.2 Å². The van der Waals surface area contributed by atoms with Gasteiger partial charge in [-0.05, 0) is 37.0 Å². The van der Waals surface area contributed by atoms with Crippen LogP contribution in [0.15, 0.2) is 24.3 Å². The van der Waals surface area contributed by atoms with Crippen molar-refractivity contribution in [3.05, 3.63) is 29.8 Å². The van der Waals surface area contributed by atoms with Crippen molar-refractivity contribution in [3.63, 3.8) is 0 Å². The molecule has 4 atom stereocenters. The summed E-state index contributed by atoms with van der Waals surface area (Å²) >= 11 is 0. The van der Waals surface area contributed by atoms with E-state index < -0.39 is 11.5 Å². The number of fused-ring (bicyclic) bond motifs is 1. The number of carbonyl (C=O) groups is 2. The van der Waals surface area contributed by atoms with Crippen molar-refractivity contribution >= 4 is 11.8 Å². The van der Waals surface area contributed by atoms with E-state index in [-0.39, 0.29) is 29.6 Å². The van der Waals surface area contributed by atoms with Gasteiger partial charge in [-0.3, -0.25) is 9.59 Å². The van der Waals surface area contributed by atoms with E-state index in [1.165, 1.54) is 0 Å². The Morgan fingerprint density at radius 2 is 2.15 bits per heavy atom. The van der Waals surface area contributed by atoms with Gasteiger partial charge in [0.05, 0.1) is 30.1 Å². The van der Waals surface area contributed by atoms with Crippen LogP contribution in [-0.2, 0) is 20.7 Å². The van der Waals surface area contributed by atoms with E-state index in [0.29, 0.717) is 32.6 Å². The maximum atomic E-state index is 12.8. The molecule has 2 amide bonds. The lowest BCUT2D eigenvalue weighted by atomic mass is 9.73. The van der Waals surface area contributed by atoms with Crippen LogP contribution in [-0.4, -0.2) is 59.7 Å². The number of likely N-dealkylation sites (tertiary alicyclic amines) is 1. The summed E-state index contributed by atoms with van der Waals surface area (Å²) in [5, 5.41) is 12.3. The van der Waals surface area contributed by atoms with Crippen LogP contribution < -0.4 is 11.1 Å². The number of rotatable bonds is 6.